The molecule has 1 amide bonds. The number of aromatic nitrogens is 2. The highest BCUT2D eigenvalue weighted by Gasteiger charge is 2.23. The molecule has 0 aliphatic rings. The number of imidazole rings is 1. The zero-order valence-corrected chi connectivity index (χ0v) is 16.4. The normalized spacial score (nSPS) is 11.4. The number of aromatic amines is 1. The van der Waals surface area contributed by atoms with Crippen molar-refractivity contribution in [3.8, 4) is 11.8 Å². The number of nitrogens with one attached hydrogen (secondary N) is 3. The van der Waals surface area contributed by atoms with E-state index in [4.69, 9.17) is 0 Å². The summed E-state index contributed by atoms with van der Waals surface area (Å²) in [7, 11) is 0. The van der Waals surface area contributed by atoms with Gasteiger partial charge in [0, 0.05) is 23.9 Å². The van der Waals surface area contributed by atoms with Gasteiger partial charge in [-0.2, -0.15) is 0 Å². The van der Waals surface area contributed by atoms with E-state index in [-0.39, 0.29) is 5.92 Å². The third kappa shape index (κ3) is 6.16. The first-order chi connectivity index (χ1) is 13.4. The third-order valence-corrected chi connectivity index (χ3v) is 4.01. The molecule has 0 aliphatic heterocycles. The molecule has 7 heteroatoms. The van der Waals surface area contributed by atoms with Gasteiger partial charge in [-0.25, -0.2) is 9.78 Å². The molecule has 28 heavy (non-hydrogen) atoms. The Kier molecular flexibility index (Phi) is 7.64. The molecule has 0 aliphatic carbocycles. The van der Waals surface area contributed by atoms with Gasteiger partial charge in [0.05, 0.1) is 24.1 Å². The molecule has 0 fully saturated rings. The molecule has 148 valence electrons. The minimum Gasteiger partial charge on any atom is -0.480 e. The van der Waals surface area contributed by atoms with Crippen molar-refractivity contribution in [2.75, 3.05) is 5.32 Å². The number of H-pyrrole nitrogens is 1. The zero-order valence-electron chi connectivity index (χ0n) is 16.4. The number of carboxylic acid groups (broad SMARTS) is 1. The lowest BCUT2D eigenvalue weighted by molar-refractivity contribution is -0.139. The topological polar surface area (TPSA) is 107 Å². The Morgan fingerprint density at radius 2 is 2.11 bits per heavy atom. The maximum absolute atomic E-state index is 12.7. The molecule has 0 unspecified atom stereocenters. The smallest absolute Gasteiger partial charge is 0.326 e. The van der Waals surface area contributed by atoms with Gasteiger partial charge in [-0.05, 0) is 30.5 Å². The predicted octanol–water partition coefficient (Wildman–Crippen LogP) is 3.01. The third-order valence-electron chi connectivity index (χ3n) is 4.01. The monoisotopic (exact) mass is 382 g/mol. The van der Waals surface area contributed by atoms with Gasteiger partial charge in [-0.3, -0.25) is 4.79 Å². The summed E-state index contributed by atoms with van der Waals surface area (Å²) < 4.78 is 0. The number of nitrogens with zero attached hydrogens (tertiary/aromatic N) is 1. The summed E-state index contributed by atoms with van der Waals surface area (Å²) in [6.07, 6.45) is 4.35. The van der Waals surface area contributed by atoms with Crippen molar-refractivity contribution in [2.24, 2.45) is 5.92 Å². The lowest BCUT2D eigenvalue weighted by Gasteiger charge is -2.17. The van der Waals surface area contributed by atoms with Crippen LogP contribution in [-0.4, -0.2) is 33.0 Å². The van der Waals surface area contributed by atoms with Crippen molar-refractivity contribution >= 4 is 17.6 Å². The quantitative estimate of drug-likeness (QED) is 0.525. The number of amides is 1. The molecule has 2 rings (SSSR count). The molecule has 7 nitrogen and oxygen atoms in total. The fourth-order valence-electron chi connectivity index (χ4n) is 2.65. The molecule has 0 spiro atoms. The number of rotatable bonds is 8. The van der Waals surface area contributed by atoms with E-state index in [1.54, 1.807) is 30.7 Å². The summed E-state index contributed by atoms with van der Waals surface area (Å²) in [4.78, 5) is 31.1. The number of carboxylic acids is 1. The van der Waals surface area contributed by atoms with Gasteiger partial charge in [0.2, 0.25) is 0 Å². The van der Waals surface area contributed by atoms with Crippen molar-refractivity contribution in [1.82, 2.24) is 15.3 Å². The zero-order chi connectivity index (χ0) is 20.5. The summed E-state index contributed by atoms with van der Waals surface area (Å²) in [5.41, 5.74) is 2.66. The molecule has 0 radical (unpaired) electrons. The largest absolute Gasteiger partial charge is 0.480 e. The molecular formula is C21H26N4O3. The highest BCUT2D eigenvalue weighted by molar-refractivity contribution is 5.99. The number of carbonyl (C=O) groups excluding carboxylic acids is 1. The van der Waals surface area contributed by atoms with Gasteiger partial charge in [0.1, 0.15) is 6.04 Å². The molecule has 1 atom stereocenters. The molecule has 1 aromatic heterocycles. The van der Waals surface area contributed by atoms with Crippen molar-refractivity contribution < 1.29 is 14.7 Å². The lowest BCUT2D eigenvalue weighted by atomic mass is 10.0. The van der Waals surface area contributed by atoms with Crippen LogP contribution < -0.4 is 10.6 Å². The SMILES string of the molecule is CCC#Cc1cc(NCc2cnc[nH]2)ccc1C(=O)N[C@@H](CC(C)C)C(=O)O. The maximum atomic E-state index is 12.7. The number of hydrogen-bond donors (Lipinski definition) is 4. The molecule has 2 aromatic rings. The van der Waals surface area contributed by atoms with Crippen molar-refractivity contribution in [2.45, 2.75) is 46.2 Å². The van der Waals surface area contributed by atoms with Crippen molar-refractivity contribution in [3.05, 3.63) is 47.5 Å². The van der Waals surface area contributed by atoms with E-state index >= 15 is 0 Å². The fraction of sp³-hybridized carbons (Fsp3) is 0.381. The molecule has 0 saturated carbocycles. The lowest BCUT2D eigenvalue weighted by Crippen LogP contribution is -2.41. The molecular weight excluding hydrogens is 356 g/mol. The van der Waals surface area contributed by atoms with Crippen LogP contribution in [-0.2, 0) is 11.3 Å². The van der Waals surface area contributed by atoms with Gasteiger partial charge in [-0.15, -0.1) is 0 Å². The average molecular weight is 382 g/mol. The van der Waals surface area contributed by atoms with Gasteiger partial charge in [0.15, 0.2) is 0 Å². The van der Waals surface area contributed by atoms with Crippen molar-refractivity contribution in [3.63, 3.8) is 0 Å². The number of carbonyl (C=O) groups is 2. The van der Waals surface area contributed by atoms with E-state index < -0.39 is 17.9 Å². The Hall–Kier alpha value is -3.27. The van der Waals surface area contributed by atoms with E-state index in [0.29, 0.717) is 30.5 Å². The van der Waals surface area contributed by atoms with Crippen LogP contribution in [0.1, 0.15) is 55.2 Å². The highest BCUT2D eigenvalue weighted by Crippen LogP contribution is 2.17. The van der Waals surface area contributed by atoms with Crippen LogP contribution in [0.2, 0.25) is 0 Å². The predicted molar refractivity (Wildman–Crippen MR) is 108 cm³/mol. The van der Waals surface area contributed by atoms with Gasteiger partial charge >= 0.3 is 5.97 Å². The second-order valence-electron chi connectivity index (χ2n) is 6.84. The standard InChI is InChI=1S/C21H26N4O3/c1-4-5-6-15-10-16(23-12-17-11-22-13-24-17)7-8-18(15)20(26)25-19(21(27)28)9-14(2)3/h7-8,10-11,13-14,19,23H,4,9,12H2,1-3H3,(H,22,24)(H,25,26)(H,27,28)/t19-/m0/s1. The Morgan fingerprint density at radius 3 is 2.71 bits per heavy atom. The first-order valence-corrected chi connectivity index (χ1v) is 9.28. The highest BCUT2D eigenvalue weighted by atomic mass is 16.4. The van der Waals surface area contributed by atoms with Crippen LogP contribution in [0.4, 0.5) is 5.69 Å². The van der Waals surface area contributed by atoms with Crippen LogP contribution in [0.3, 0.4) is 0 Å². The fourth-order valence-corrected chi connectivity index (χ4v) is 2.65. The number of hydrogen-bond acceptors (Lipinski definition) is 4. The van der Waals surface area contributed by atoms with Gasteiger partial charge in [0.25, 0.3) is 5.91 Å². The first-order valence-electron chi connectivity index (χ1n) is 9.28. The summed E-state index contributed by atoms with van der Waals surface area (Å²) in [5, 5.41) is 15.2. The van der Waals surface area contributed by atoms with Crippen LogP contribution in [0.5, 0.6) is 0 Å². The van der Waals surface area contributed by atoms with E-state index in [1.165, 1.54) is 0 Å². The molecule has 4 N–H and O–H groups in total. The second kappa shape index (κ2) is 10.2. The van der Waals surface area contributed by atoms with E-state index in [9.17, 15) is 14.7 Å². The van der Waals surface area contributed by atoms with Crippen LogP contribution in [0.15, 0.2) is 30.7 Å². The molecule has 0 saturated heterocycles. The van der Waals surface area contributed by atoms with E-state index in [0.717, 1.165) is 11.4 Å². The first kappa shape index (κ1) is 21.0. The summed E-state index contributed by atoms with van der Waals surface area (Å²) >= 11 is 0. The molecule has 1 aromatic carbocycles. The average Bonchev–Trinajstić information content (AvgIpc) is 3.17. The summed E-state index contributed by atoms with van der Waals surface area (Å²) in [6.45, 7) is 6.32. The van der Waals surface area contributed by atoms with E-state index in [2.05, 4.69) is 32.4 Å². The number of anilines is 1. The minimum absolute atomic E-state index is 0.148. The van der Waals surface area contributed by atoms with E-state index in [1.807, 2.05) is 20.8 Å². The number of benzene rings is 1. The Bertz CT molecular complexity index is 864. The molecule has 1 heterocycles. The van der Waals surface area contributed by atoms with Gasteiger partial charge in [-0.1, -0.05) is 32.6 Å². The summed E-state index contributed by atoms with van der Waals surface area (Å²) in [5.74, 6) is 4.65. The van der Waals surface area contributed by atoms with Crippen LogP contribution in [0, 0.1) is 17.8 Å². The van der Waals surface area contributed by atoms with Gasteiger partial charge < -0.3 is 20.7 Å². The Labute approximate surface area is 165 Å². The van der Waals surface area contributed by atoms with Crippen molar-refractivity contribution in [1.29, 1.82) is 0 Å². The second-order valence-corrected chi connectivity index (χ2v) is 6.84. The maximum Gasteiger partial charge on any atom is 0.326 e. The molecule has 0 bridgehead atoms. The number of aliphatic carboxylic acids is 1. The summed E-state index contributed by atoms with van der Waals surface area (Å²) in [6, 6.07) is 4.31. The van der Waals surface area contributed by atoms with Crippen LogP contribution in [0.25, 0.3) is 0 Å². The minimum atomic E-state index is -1.04. The van der Waals surface area contributed by atoms with Crippen LogP contribution >= 0.6 is 0 Å². The Morgan fingerprint density at radius 1 is 1.32 bits per heavy atom. The Balaban J connectivity index is 2.21.